The second-order valence-corrected chi connectivity index (χ2v) is 6.38. The molecule has 126 valence electrons. The summed E-state index contributed by atoms with van der Waals surface area (Å²) in [5.41, 5.74) is 8.34. The van der Waals surface area contributed by atoms with Crippen LogP contribution in [0.15, 0.2) is 48.5 Å². The fraction of sp³-hybridized carbons (Fsp3) is 0.350. The number of rotatable bonds is 4. The maximum Gasteiger partial charge on any atom is 0.253 e. The van der Waals surface area contributed by atoms with Crippen molar-refractivity contribution in [2.45, 2.75) is 19.3 Å². The number of ether oxygens (including phenoxy) is 1. The number of nitrogens with zero attached hydrogens (tertiary/aromatic N) is 1. The van der Waals surface area contributed by atoms with Gasteiger partial charge in [-0.15, -0.1) is 0 Å². The normalized spacial score (nSPS) is 15.3. The van der Waals surface area contributed by atoms with Crippen molar-refractivity contribution < 1.29 is 9.53 Å². The zero-order valence-corrected chi connectivity index (χ0v) is 14.1. The molecule has 2 aromatic carbocycles. The van der Waals surface area contributed by atoms with Crippen LogP contribution in [0.3, 0.4) is 0 Å². The van der Waals surface area contributed by atoms with Crippen molar-refractivity contribution >= 4 is 11.6 Å². The average Bonchev–Trinajstić information content (AvgIpc) is 2.62. The van der Waals surface area contributed by atoms with Crippen LogP contribution in [0, 0.1) is 5.92 Å². The van der Waals surface area contributed by atoms with Crippen molar-refractivity contribution in [2.24, 2.45) is 5.92 Å². The molecule has 0 aliphatic carbocycles. The van der Waals surface area contributed by atoms with E-state index in [4.69, 9.17) is 10.5 Å². The second-order valence-electron chi connectivity index (χ2n) is 6.38. The van der Waals surface area contributed by atoms with Gasteiger partial charge in [0.05, 0.1) is 7.11 Å². The minimum absolute atomic E-state index is 0.0815. The highest BCUT2D eigenvalue weighted by Gasteiger charge is 2.24. The molecule has 2 aromatic rings. The smallest absolute Gasteiger partial charge is 0.253 e. The van der Waals surface area contributed by atoms with E-state index in [-0.39, 0.29) is 5.91 Å². The monoisotopic (exact) mass is 324 g/mol. The molecule has 1 heterocycles. The van der Waals surface area contributed by atoms with Gasteiger partial charge in [0, 0.05) is 24.3 Å². The maximum atomic E-state index is 12.6. The second kappa shape index (κ2) is 7.39. The third kappa shape index (κ3) is 3.70. The Balaban J connectivity index is 1.58. The first kappa shape index (κ1) is 16.4. The summed E-state index contributed by atoms with van der Waals surface area (Å²) in [6, 6.07) is 15.4. The fourth-order valence-corrected chi connectivity index (χ4v) is 3.38. The van der Waals surface area contributed by atoms with Gasteiger partial charge in [-0.2, -0.15) is 0 Å². The Bertz CT molecular complexity index is 706. The lowest BCUT2D eigenvalue weighted by Gasteiger charge is -2.32. The summed E-state index contributed by atoms with van der Waals surface area (Å²) in [5, 5.41) is 0. The van der Waals surface area contributed by atoms with Crippen molar-refractivity contribution in [2.75, 3.05) is 25.9 Å². The van der Waals surface area contributed by atoms with E-state index >= 15 is 0 Å². The first-order chi connectivity index (χ1) is 11.7. The Kier molecular flexibility index (Phi) is 5.04. The van der Waals surface area contributed by atoms with Gasteiger partial charge in [-0.05, 0) is 55.0 Å². The molecular formula is C20H24N2O2. The van der Waals surface area contributed by atoms with Crippen LogP contribution in [0.4, 0.5) is 5.69 Å². The molecule has 1 fully saturated rings. The number of anilines is 1. The van der Waals surface area contributed by atoms with Crippen LogP contribution >= 0.6 is 0 Å². The minimum atomic E-state index is 0.0815. The summed E-state index contributed by atoms with van der Waals surface area (Å²) in [4.78, 5) is 14.5. The SMILES string of the molecule is COc1ccccc1CC1CCN(C(=O)c2cccc(N)c2)CC1. The van der Waals surface area contributed by atoms with Crippen LogP contribution in [-0.2, 0) is 6.42 Å². The van der Waals surface area contributed by atoms with Gasteiger partial charge >= 0.3 is 0 Å². The van der Waals surface area contributed by atoms with E-state index in [2.05, 4.69) is 12.1 Å². The Labute approximate surface area is 143 Å². The number of carbonyl (C=O) groups excluding carboxylic acids is 1. The van der Waals surface area contributed by atoms with Crippen molar-refractivity contribution in [3.05, 3.63) is 59.7 Å². The number of nitrogen functional groups attached to an aromatic ring is 1. The number of hydrogen-bond acceptors (Lipinski definition) is 3. The number of benzene rings is 2. The molecule has 0 aromatic heterocycles. The third-order valence-electron chi connectivity index (χ3n) is 4.74. The summed E-state index contributed by atoms with van der Waals surface area (Å²) in [6.07, 6.45) is 3.04. The van der Waals surface area contributed by atoms with E-state index in [1.807, 2.05) is 29.2 Å². The molecule has 3 rings (SSSR count). The van der Waals surface area contributed by atoms with Crippen LogP contribution in [0.2, 0.25) is 0 Å². The van der Waals surface area contributed by atoms with Gasteiger partial charge in [0.2, 0.25) is 0 Å². The molecule has 0 atom stereocenters. The molecule has 1 aliphatic heterocycles. The predicted molar refractivity (Wildman–Crippen MR) is 96.2 cm³/mol. The Morgan fingerprint density at radius 2 is 1.92 bits per heavy atom. The third-order valence-corrected chi connectivity index (χ3v) is 4.74. The molecule has 0 unspecified atom stereocenters. The standard InChI is InChI=1S/C20H24N2O2/c1-24-19-8-3-2-5-16(19)13-15-9-11-22(12-10-15)20(23)17-6-4-7-18(21)14-17/h2-8,14-15H,9-13,21H2,1H3. The molecule has 4 nitrogen and oxygen atoms in total. The van der Waals surface area contributed by atoms with E-state index < -0.39 is 0 Å². The van der Waals surface area contributed by atoms with Crippen LogP contribution in [0.5, 0.6) is 5.75 Å². The largest absolute Gasteiger partial charge is 0.496 e. The molecule has 2 N–H and O–H groups in total. The Morgan fingerprint density at radius 3 is 2.62 bits per heavy atom. The van der Waals surface area contributed by atoms with E-state index in [1.165, 1.54) is 5.56 Å². The number of methoxy groups -OCH3 is 1. The number of nitrogens with two attached hydrogens (primary N) is 1. The fourth-order valence-electron chi connectivity index (χ4n) is 3.38. The van der Waals surface area contributed by atoms with E-state index in [9.17, 15) is 4.79 Å². The lowest BCUT2D eigenvalue weighted by molar-refractivity contribution is 0.0690. The average molecular weight is 324 g/mol. The summed E-state index contributed by atoms with van der Waals surface area (Å²) in [5.74, 6) is 1.63. The predicted octanol–water partition coefficient (Wildman–Crippen LogP) is 3.37. The number of hydrogen-bond donors (Lipinski definition) is 1. The molecule has 0 bridgehead atoms. The van der Waals surface area contributed by atoms with Crippen molar-refractivity contribution in [1.29, 1.82) is 0 Å². The summed E-state index contributed by atoms with van der Waals surface area (Å²) >= 11 is 0. The van der Waals surface area contributed by atoms with Gasteiger partial charge in [0.25, 0.3) is 5.91 Å². The van der Waals surface area contributed by atoms with Crippen molar-refractivity contribution in [3.63, 3.8) is 0 Å². The van der Waals surface area contributed by atoms with Gasteiger partial charge in [-0.3, -0.25) is 4.79 Å². The lowest BCUT2D eigenvalue weighted by atomic mass is 9.89. The highest BCUT2D eigenvalue weighted by atomic mass is 16.5. The van der Waals surface area contributed by atoms with E-state index in [1.54, 1.807) is 19.2 Å². The zero-order chi connectivity index (χ0) is 16.9. The number of likely N-dealkylation sites (tertiary alicyclic amines) is 1. The number of piperidine rings is 1. The molecule has 1 aliphatic rings. The Morgan fingerprint density at radius 1 is 1.17 bits per heavy atom. The zero-order valence-electron chi connectivity index (χ0n) is 14.1. The number of amides is 1. The molecule has 1 amide bonds. The molecule has 0 saturated carbocycles. The topological polar surface area (TPSA) is 55.6 Å². The van der Waals surface area contributed by atoms with Gasteiger partial charge in [-0.25, -0.2) is 0 Å². The number of para-hydroxylation sites is 1. The van der Waals surface area contributed by atoms with Gasteiger partial charge < -0.3 is 15.4 Å². The molecule has 4 heteroatoms. The summed E-state index contributed by atoms with van der Waals surface area (Å²) in [6.45, 7) is 1.60. The molecule has 0 spiro atoms. The van der Waals surface area contributed by atoms with Crippen LogP contribution < -0.4 is 10.5 Å². The van der Waals surface area contributed by atoms with Crippen molar-refractivity contribution in [3.8, 4) is 5.75 Å². The van der Waals surface area contributed by atoms with Gasteiger partial charge in [0.15, 0.2) is 0 Å². The van der Waals surface area contributed by atoms with Gasteiger partial charge in [-0.1, -0.05) is 24.3 Å². The molecule has 24 heavy (non-hydrogen) atoms. The van der Waals surface area contributed by atoms with Crippen molar-refractivity contribution in [1.82, 2.24) is 4.90 Å². The highest BCUT2D eigenvalue weighted by molar-refractivity contribution is 5.95. The minimum Gasteiger partial charge on any atom is -0.496 e. The van der Waals surface area contributed by atoms with Crippen LogP contribution in [0.25, 0.3) is 0 Å². The molecule has 1 saturated heterocycles. The lowest BCUT2D eigenvalue weighted by Crippen LogP contribution is -2.38. The summed E-state index contributed by atoms with van der Waals surface area (Å²) in [7, 11) is 1.71. The quantitative estimate of drug-likeness (QED) is 0.877. The number of carbonyl (C=O) groups is 1. The van der Waals surface area contributed by atoms with E-state index in [0.29, 0.717) is 17.2 Å². The highest BCUT2D eigenvalue weighted by Crippen LogP contribution is 2.27. The van der Waals surface area contributed by atoms with E-state index in [0.717, 1.165) is 38.1 Å². The van der Waals surface area contributed by atoms with Crippen LogP contribution in [0.1, 0.15) is 28.8 Å². The van der Waals surface area contributed by atoms with Crippen LogP contribution in [-0.4, -0.2) is 31.0 Å². The maximum absolute atomic E-state index is 12.6. The first-order valence-corrected chi connectivity index (χ1v) is 8.44. The summed E-state index contributed by atoms with van der Waals surface area (Å²) < 4.78 is 5.44. The molecular weight excluding hydrogens is 300 g/mol. The first-order valence-electron chi connectivity index (χ1n) is 8.44. The van der Waals surface area contributed by atoms with Gasteiger partial charge in [0.1, 0.15) is 5.75 Å². The Hall–Kier alpha value is -2.49. The molecule has 0 radical (unpaired) electrons.